The summed E-state index contributed by atoms with van der Waals surface area (Å²) in [7, 11) is 0. The molecule has 0 aromatic heterocycles. The van der Waals surface area contributed by atoms with Crippen LogP contribution in [0.15, 0.2) is 18.2 Å². The van der Waals surface area contributed by atoms with Crippen LogP contribution >= 0.6 is 0 Å². The molecule has 10 heteroatoms. The molecule has 0 bridgehead atoms. The van der Waals surface area contributed by atoms with E-state index in [9.17, 15) is 31.1 Å². The van der Waals surface area contributed by atoms with Gasteiger partial charge in [-0.25, -0.2) is 0 Å². The van der Waals surface area contributed by atoms with Gasteiger partial charge in [-0.05, 0) is 25.1 Å². The van der Waals surface area contributed by atoms with Crippen LogP contribution < -0.4 is 10.6 Å². The molecule has 0 aliphatic carbocycles. The highest BCUT2D eigenvalue weighted by molar-refractivity contribution is 5.92. The Morgan fingerprint density at radius 3 is 2.35 bits per heavy atom. The van der Waals surface area contributed by atoms with Crippen LogP contribution in [0.1, 0.15) is 18.1 Å². The highest BCUT2D eigenvalue weighted by atomic mass is 19.4. The van der Waals surface area contributed by atoms with Gasteiger partial charge in [-0.15, -0.1) is 0 Å². The van der Waals surface area contributed by atoms with Gasteiger partial charge in [0.1, 0.15) is 6.04 Å². The predicted molar refractivity (Wildman–Crippen MR) is 68.3 cm³/mol. The van der Waals surface area contributed by atoms with Crippen LogP contribution in [0.5, 0.6) is 0 Å². The lowest BCUT2D eigenvalue weighted by atomic mass is 10.1. The summed E-state index contributed by atoms with van der Waals surface area (Å²) in [5.74, 6) is -0.945. The quantitative estimate of drug-likeness (QED) is 0.829. The van der Waals surface area contributed by atoms with Crippen molar-refractivity contribution in [2.45, 2.75) is 25.3 Å². The van der Waals surface area contributed by atoms with Crippen molar-refractivity contribution in [3.63, 3.8) is 0 Å². The Labute approximate surface area is 127 Å². The number of alkyl halides is 6. The van der Waals surface area contributed by atoms with Crippen molar-refractivity contribution in [3.05, 3.63) is 29.3 Å². The zero-order chi connectivity index (χ0) is 17.8. The fourth-order valence-electron chi connectivity index (χ4n) is 1.52. The van der Waals surface area contributed by atoms with E-state index in [2.05, 4.69) is 0 Å². The van der Waals surface area contributed by atoms with Crippen LogP contribution in [0.25, 0.3) is 0 Å². The molecule has 23 heavy (non-hydrogen) atoms. The fraction of sp³-hybridized carbons (Fsp3) is 0.385. The molecule has 0 heterocycles. The number of nitriles is 1. The standard InChI is InChI=1S/C13H11F6N3O/c1-7(12(14,15)16)21-6-11(23)22-9-3-2-8(5-20)10(4-9)13(17,18)19/h2-4,7,21H,6H2,1H3,(H,22,23). The molecular formula is C13H11F6N3O. The van der Waals surface area contributed by atoms with Crippen molar-refractivity contribution in [1.29, 1.82) is 5.26 Å². The van der Waals surface area contributed by atoms with E-state index in [0.717, 1.165) is 19.1 Å². The first-order chi connectivity index (χ1) is 10.4. The van der Waals surface area contributed by atoms with Crippen LogP contribution in [0.3, 0.4) is 0 Å². The fourth-order valence-corrected chi connectivity index (χ4v) is 1.52. The highest BCUT2D eigenvalue weighted by Gasteiger charge is 2.36. The van der Waals surface area contributed by atoms with Gasteiger partial charge < -0.3 is 5.32 Å². The van der Waals surface area contributed by atoms with E-state index in [0.29, 0.717) is 6.07 Å². The van der Waals surface area contributed by atoms with E-state index >= 15 is 0 Å². The molecule has 0 saturated carbocycles. The molecule has 126 valence electrons. The third-order valence-corrected chi connectivity index (χ3v) is 2.79. The molecule has 0 radical (unpaired) electrons. The number of carbonyl (C=O) groups is 1. The first-order valence-corrected chi connectivity index (χ1v) is 6.16. The minimum absolute atomic E-state index is 0.275. The summed E-state index contributed by atoms with van der Waals surface area (Å²) in [6, 6.07) is 1.89. The van der Waals surface area contributed by atoms with E-state index in [-0.39, 0.29) is 5.69 Å². The predicted octanol–water partition coefficient (Wildman–Crippen LogP) is 3.06. The average molecular weight is 339 g/mol. The van der Waals surface area contributed by atoms with Gasteiger partial charge in [-0.2, -0.15) is 31.6 Å². The molecule has 0 aliphatic heterocycles. The number of carbonyl (C=O) groups excluding carboxylic acids is 1. The van der Waals surface area contributed by atoms with Crippen LogP contribution in [0, 0.1) is 11.3 Å². The van der Waals surface area contributed by atoms with E-state index in [4.69, 9.17) is 5.26 Å². The molecule has 2 N–H and O–H groups in total. The lowest BCUT2D eigenvalue weighted by Crippen LogP contribution is -2.43. The number of hydrogen-bond acceptors (Lipinski definition) is 3. The Bertz CT molecular complexity index is 618. The molecule has 1 aromatic rings. The Morgan fingerprint density at radius 2 is 1.87 bits per heavy atom. The molecule has 1 aromatic carbocycles. The van der Waals surface area contributed by atoms with Gasteiger partial charge in [0.25, 0.3) is 0 Å². The summed E-state index contributed by atoms with van der Waals surface area (Å²) in [5.41, 5.74) is -2.14. The van der Waals surface area contributed by atoms with Gasteiger partial charge >= 0.3 is 12.4 Å². The molecule has 0 aliphatic rings. The van der Waals surface area contributed by atoms with E-state index in [1.165, 1.54) is 6.07 Å². The number of anilines is 1. The van der Waals surface area contributed by atoms with Gasteiger partial charge in [-0.1, -0.05) is 0 Å². The van der Waals surface area contributed by atoms with Crippen molar-refractivity contribution >= 4 is 11.6 Å². The van der Waals surface area contributed by atoms with Crippen LogP contribution in [-0.4, -0.2) is 24.7 Å². The molecule has 0 fully saturated rings. The van der Waals surface area contributed by atoms with E-state index in [1.807, 2.05) is 10.6 Å². The normalized spacial score (nSPS) is 13.3. The number of rotatable bonds is 4. The monoisotopic (exact) mass is 339 g/mol. The molecule has 1 rings (SSSR count). The van der Waals surface area contributed by atoms with E-state index in [1.54, 1.807) is 0 Å². The molecule has 0 spiro atoms. The summed E-state index contributed by atoms with van der Waals surface area (Å²) in [5, 5.41) is 12.6. The summed E-state index contributed by atoms with van der Waals surface area (Å²) >= 11 is 0. The van der Waals surface area contributed by atoms with Crippen LogP contribution in [0.4, 0.5) is 32.0 Å². The van der Waals surface area contributed by atoms with Gasteiger partial charge in [0.2, 0.25) is 5.91 Å². The highest BCUT2D eigenvalue weighted by Crippen LogP contribution is 2.33. The Kier molecular flexibility index (Phi) is 5.60. The number of nitrogens with one attached hydrogen (secondary N) is 2. The van der Waals surface area contributed by atoms with Crippen LogP contribution in [0.2, 0.25) is 0 Å². The molecule has 1 amide bonds. The zero-order valence-corrected chi connectivity index (χ0v) is 11.6. The molecule has 4 nitrogen and oxygen atoms in total. The molecular weight excluding hydrogens is 328 g/mol. The third kappa shape index (κ3) is 5.45. The minimum atomic E-state index is -4.80. The largest absolute Gasteiger partial charge is 0.417 e. The second-order valence-corrected chi connectivity index (χ2v) is 4.56. The molecule has 1 unspecified atom stereocenters. The number of hydrogen-bond donors (Lipinski definition) is 2. The van der Waals surface area contributed by atoms with Gasteiger partial charge in [0.05, 0.1) is 23.7 Å². The maximum absolute atomic E-state index is 12.7. The van der Waals surface area contributed by atoms with Crippen LogP contribution in [-0.2, 0) is 11.0 Å². The van der Waals surface area contributed by atoms with Crippen molar-refractivity contribution in [2.75, 3.05) is 11.9 Å². The van der Waals surface area contributed by atoms with Gasteiger partial charge in [-0.3, -0.25) is 10.1 Å². The zero-order valence-electron chi connectivity index (χ0n) is 11.6. The van der Waals surface area contributed by atoms with Crippen molar-refractivity contribution in [2.24, 2.45) is 0 Å². The third-order valence-electron chi connectivity index (χ3n) is 2.79. The lowest BCUT2D eigenvalue weighted by molar-refractivity contribution is -0.152. The first-order valence-electron chi connectivity index (χ1n) is 6.16. The maximum atomic E-state index is 12.7. The van der Waals surface area contributed by atoms with Crippen molar-refractivity contribution in [1.82, 2.24) is 5.32 Å². The molecule has 0 saturated heterocycles. The lowest BCUT2D eigenvalue weighted by Gasteiger charge is -2.17. The summed E-state index contributed by atoms with van der Waals surface area (Å²) in [6.45, 7) is 0.0682. The second-order valence-electron chi connectivity index (χ2n) is 4.56. The second kappa shape index (κ2) is 6.87. The number of halogens is 6. The Balaban J connectivity index is 2.79. The average Bonchev–Trinajstić information content (AvgIpc) is 2.42. The smallest absolute Gasteiger partial charge is 0.325 e. The number of nitrogens with zero attached hydrogens (tertiary/aromatic N) is 1. The minimum Gasteiger partial charge on any atom is -0.325 e. The van der Waals surface area contributed by atoms with Gasteiger partial charge in [0, 0.05) is 5.69 Å². The first kappa shape index (κ1) is 18.8. The number of amides is 1. The Hall–Kier alpha value is -2.28. The summed E-state index contributed by atoms with van der Waals surface area (Å²) < 4.78 is 74.9. The SMILES string of the molecule is CC(NCC(=O)Nc1ccc(C#N)c(C(F)(F)F)c1)C(F)(F)F. The summed E-state index contributed by atoms with van der Waals surface area (Å²) in [4.78, 5) is 11.5. The van der Waals surface area contributed by atoms with E-state index < -0.39 is 42.0 Å². The number of benzene rings is 1. The van der Waals surface area contributed by atoms with Gasteiger partial charge in [0.15, 0.2) is 0 Å². The topological polar surface area (TPSA) is 64.9 Å². The Morgan fingerprint density at radius 1 is 1.26 bits per heavy atom. The van der Waals surface area contributed by atoms with Crippen molar-refractivity contribution < 1.29 is 31.1 Å². The van der Waals surface area contributed by atoms with Crippen molar-refractivity contribution in [3.8, 4) is 6.07 Å². The summed E-state index contributed by atoms with van der Waals surface area (Å²) in [6.07, 6.45) is -9.34. The maximum Gasteiger partial charge on any atom is 0.417 e. The molecule has 1 atom stereocenters.